The number of nitrogens with zero attached hydrogens (tertiary/aromatic N) is 1. The Bertz CT molecular complexity index is 836. The van der Waals surface area contributed by atoms with Crippen molar-refractivity contribution < 1.29 is 14.3 Å². The Kier molecular flexibility index (Phi) is 5.74. The third-order valence-corrected chi connectivity index (χ3v) is 4.69. The van der Waals surface area contributed by atoms with Crippen LogP contribution in [0.1, 0.15) is 46.3 Å². The molecule has 0 aliphatic heterocycles. The second kappa shape index (κ2) is 8.20. The molecule has 1 aromatic carbocycles. The first-order chi connectivity index (χ1) is 12.9. The summed E-state index contributed by atoms with van der Waals surface area (Å²) < 4.78 is 5.71. The van der Waals surface area contributed by atoms with Gasteiger partial charge in [-0.1, -0.05) is 17.7 Å². The molecule has 6 heteroatoms. The van der Waals surface area contributed by atoms with Crippen LogP contribution < -0.4 is 15.4 Å². The molecular formula is C21H25N3O3. The number of hydrogen-bond donors (Lipinski definition) is 2. The van der Waals surface area contributed by atoms with E-state index in [9.17, 15) is 9.59 Å². The summed E-state index contributed by atoms with van der Waals surface area (Å²) in [7, 11) is 0. The van der Waals surface area contributed by atoms with E-state index in [-0.39, 0.29) is 24.5 Å². The van der Waals surface area contributed by atoms with Gasteiger partial charge in [0.1, 0.15) is 6.10 Å². The van der Waals surface area contributed by atoms with Crippen LogP contribution >= 0.6 is 0 Å². The topological polar surface area (TPSA) is 80.3 Å². The number of benzene rings is 1. The summed E-state index contributed by atoms with van der Waals surface area (Å²) in [6, 6.07) is 7.25. The van der Waals surface area contributed by atoms with E-state index >= 15 is 0 Å². The molecule has 1 aliphatic carbocycles. The predicted octanol–water partition coefficient (Wildman–Crippen LogP) is 3.31. The van der Waals surface area contributed by atoms with Crippen LogP contribution in [0.4, 0.5) is 5.69 Å². The molecule has 3 rings (SSSR count). The van der Waals surface area contributed by atoms with E-state index in [0.717, 1.165) is 35.2 Å². The Morgan fingerprint density at radius 3 is 2.48 bits per heavy atom. The van der Waals surface area contributed by atoms with Crippen LogP contribution in [0.2, 0.25) is 0 Å². The summed E-state index contributed by atoms with van der Waals surface area (Å²) in [5.41, 5.74) is 4.36. The standard InChI is InChI=1S/C21H25N3O3/c1-13-9-14(2)20(15(3)10-13)24-18(25)12-23-21(26)16-7-8-22-19(11-16)27-17-5-4-6-17/h7-11,17H,4-6,12H2,1-3H3,(H,23,26)(H,24,25). The summed E-state index contributed by atoms with van der Waals surface area (Å²) in [5, 5.41) is 5.52. The van der Waals surface area contributed by atoms with Crippen molar-refractivity contribution in [3.05, 3.63) is 52.7 Å². The molecule has 6 nitrogen and oxygen atoms in total. The molecule has 1 heterocycles. The van der Waals surface area contributed by atoms with Crippen LogP contribution in [0, 0.1) is 20.8 Å². The Morgan fingerprint density at radius 2 is 1.85 bits per heavy atom. The molecule has 2 aromatic rings. The largest absolute Gasteiger partial charge is 0.474 e. The molecule has 2 N–H and O–H groups in total. The molecule has 0 atom stereocenters. The molecule has 1 aliphatic rings. The fourth-order valence-electron chi connectivity index (χ4n) is 3.10. The Labute approximate surface area is 159 Å². The maximum Gasteiger partial charge on any atom is 0.251 e. The maximum absolute atomic E-state index is 12.3. The lowest BCUT2D eigenvalue weighted by Crippen LogP contribution is -2.33. The highest BCUT2D eigenvalue weighted by molar-refractivity contribution is 5.99. The lowest BCUT2D eigenvalue weighted by molar-refractivity contribution is -0.115. The highest BCUT2D eigenvalue weighted by Crippen LogP contribution is 2.24. The second-order valence-corrected chi connectivity index (χ2v) is 7.06. The fourth-order valence-corrected chi connectivity index (χ4v) is 3.10. The van der Waals surface area contributed by atoms with E-state index in [1.807, 2.05) is 32.9 Å². The van der Waals surface area contributed by atoms with E-state index < -0.39 is 0 Å². The first-order valence-corrected chi connectivity index (χ1v) is 9.21. The van der Waals surface area contributed by atoms with Crippen LogP contribution in [0.3, 0.4) is 0 Å². The van der Waals surface area contributed by atoms with E-state index in [1.165, 1.54) is 6.42 Å². The zero-order valence-corrected chi connectivity index (χ0v) is 16.0. The Hall–Kier alpha value is -2.89. The van der Waals surface area contributed by atoms with E-state index in [1.54, 1.807) is 18.3 Å². The fraction of sp³-hybridized carbons (Fsp3) is 0.381. The molecule has 0 unspecified atom stereocenters. The lowest BCUT2D eigenvalue weighted by Gasteiger charge is -2.25. The number of aryl methyl sites for hydroxylation is 3. The molecule has 142 valence electrons. The van der Waals surface area contributed by atoms with Crippen molar-refractivity contribution in [1.82, 2.24) is 10.3 Å². The number of aromatic nitrogens is 1. The average Bonchev–Trinajstić information content (AvgIpc) is 2.59. The minimum atomic E-state index is -0.330. The summed E-state index contributed by atoms with van der Waals surface area (Å²) in [5.74, 6) is -0.149. The first kappa shape index (κ1) is 18.9. The van der Waals surface area contributed by atoms with Gasteiger partial charge in [0.2, 0.25) is 11.8 Å². The van der Waals surface area contributed by atoms with Crippen LogP contribution in [0.5, 0.6) is 5.88 Å². The summed E-state index contributed by atoms with van der Waals surface area (Å²) >= 11 is 0. The average molecular weight is 367 g/mol. The van der Waals surface area contributed by atoms with Crippen molar-refractivity contribution in [1.29, 1.82) is 0 Å². The number of nitrogens with one attached hydrogen (secondary N) is 2. The summed E-state index contributed by atoms with van der Waals surface area (Å²) in [6.07, 6.45) is 4.95. The van der Waals surface area contributed by atoms with Crippen molar-refractivity contribution in [3.63, 3.8) is 0 Å². The molecule has 0 bridgehead atoms. The third kappa shape index (κ3) is 4.84. The number of hydrogen-bond acceptors (Lipinski definition) is 4. The Morgan fingerprint density at radius 1 is 1.15 bits per heavy atom. The number of rotatable bonds is 6. The van der Waals surface area contributed by atoms with Crippen molar-refractivity contribution in [2.45, 2.75) is 46.1 Å². The molecule has 1 aromatic heterocycles. The van der Waals surface area contributed by atoms with Gasteiger partial charge in [0.15, 0.2) is 0 Å². The van der Waals surface area contributed by atoms with E-state index in [0.29, 0.717) is 11.4 Å². The summed E-state index contributed by atoms with van der Waals surface area (Å²) in [6.45, 7) is 5.82. The van der Waals surface area contributed by atoms with Gasteiger partial charge in [-0.3, -0.25) is 9.59 Å². The van der Waals surface area contributed by atoms with Gasteiger partial charge in [-0.15, -0.1) is 0 Å². The van der Waals surface area contributed by atoms with Crippen molar-refractivity contribution in [2.75, 3.05) is 11.9 Å². The lowest BCUT2D eigenvalue weighted by atomic mass is 9.96. The molecule has 1 saturated carbocycles. The quantitative estimate of drug-likeness (QED) is 0.821. The highest BCUT2D eigenvalue weighted by Gasteiger charge is 2.20. The number of amides is 2. The van der Waals surface area contributed by atoms with Crippen LogP contribution in [0.25, 0.3) is 0 Å². The molecule has 0 saturated heterocycles. The van der Waals surface area contributed by atoms with Gasteiger partial charge in [-0.2, -0.15) is 0 Å². The first-order valence-electron chi connectivity index (χ1n) is 9.21. The van der Waals surface area contributed by atoms with Gasteiger partial charge < -0.3 is 15.4 Å². The van der Waals surface area contributed by atoms with Gasteiger partial charge >= 0.3 is 0 Å². The molecule has 0 spiro atoms. The number of carbonyl (C=O) groups is 2. The zero-order chi connectivity index (χ0) is 19.4. The monoisotopic (exact) mass is 367 g/mol. The molecule has 2 amide bonds. The molecule has 1 fully saturated rings. The van der Waals surface area contributed by atoms with E-state index in [4.69, 9.17) is 4.74 Å². The minimum Gasteiger partial charge on any atom is -0.474 e. The number of ether oxygens (including phenoxy) is 1. The van der Waals surface area contributed by atoms with Crippen LogP contribution in [-0.4, -0.2) is 29.4 Å². The second-order valence-electron chi connectivity index (χ2n) is 7.06. The van der Waals surface area contributed by atoms with Crippen molar-refractivity contribution in [3.8, 4) is 5.88 Å². The van der Waals surface area contributed by atoms with Gasteiger partial charge in [0.25, 0.3) is 5.91 Å². The maximum atomic E-state index is 12.3. The predicted molar refractivity (Wildman–Crippen MR) is 104 cm³/mol. The van der Waals surface area contributed by atoms with Crippen LogP contribution in [0.15, 0.2) is 30.5 Å². The molecule has 0 radical (unpaired) electrons. The molecule has 27 heavy (non-hydrogen) atoms. The number of carbonyl (C=O) groups excluding carboxylic acids is 2. The normalized spacial score (nSPS) is 13.6. The van der Waals surface area contributed by atoms with E-state index in [2.05, 4.69) is 15.6 Å². The van der Waals surface area contributed by atoms with Crippen molar-refractivity contribution in [2.24, 2.45) is 0 Å². The number of anilines is 1. The number of pyridine rings is 1. The molecular weight excluding hydrogens is 342 g/mol. The van der Waals surface area contributed by atoms with Crippen LogP contribution in [-0.2, 0) is 4.79 Å². The van der Waals surface area contributed by atoms with Gasteiger partial charge in [0.05, 0.1) is 6.54 Å². The Balaban J connectivity index is 1.56. The van der Waals surface area contributed by atoms with Crippen molar-refractivity contribution >= 4 is 17.5 Å². The smallest absolute Gasteiger partial charge is 0.251 e. The summed E-state index contributed by atoms with van der Waals surface area (Å²) in [4.78, 5) is 28.7. The van der Waals surface area contributed by atoms with Gasteiger partial charge in [-0.25, -0.2) is 4.98 Å². The zero-order valence-electron chi connectivity index (χ0n) is 16.0. The highest BCUT2D eigenvalue weighted by atomic mass is 16.5. The van der Waals surface area contributed by atoms with Gasteiger partial charge in [0, 0.05) is 23.5 Å². The minimum absolute atomic E-state index is 0.104. The third-order valence-electron chi connectivity index (χ3n) is 4.69. The van der Waals surface area contributed by atoms with Gasteiger partial charge in [-0.05, 0) is 57.2 Å². The SMILES string of the molecule is Cc1cc(C)c(NC(=O)CNC(=O)c2ccnc(OC3CCC3)c2)c(C)c1.